The van der Waals surface area contributed by atoms with Crippen molar-refractivity contribution in [3.05, 3.63) is 47.5 Å². The lowest BCUT2D eigenvalue weighted by Gasteiger charge is -2.09. The van der Waals surface area contributed by atoms with Gasteiger partial charge in [0.05, 0.1) is 25.3 Å². The molecule has 0 amide bonds. The SMILES string of the molecule is CCCCc1ccc(S(=O)(=O)N/N=C/c2cc(OC)c(O)c(OC)c2)cc1. The molecule has 0 fully saturated rings. The summed E-state index contributed by atoms with van der Waals surface area (Å²) in [4.78, 5) is 2.31. The number of phenols is 1. The second-order valence-corrected chi connectivity index (χ2v) is 7.54. The molecule has 7 nitrogen and oxygen atoms in total. The molecule has 0 aliphatic rings. The van der Waals surface area contributed by atoms with Crippen LogP contribution < -0.4 is 14.3 Å². The average Bonchev–Trinajstić information content (AvgIpc) is 2.67. The highest BCUT2D eigenvalue weighted by atomic mass is 32.2. The van der Waals surface area contributed by atoms with Crippen molar-refractivity contribution in [1.82, 2.24) is 4.83 Å². The first kappa shape index (κ1) is 20.6. The van der Waals surface area contributed by atoms with Crippen molar-refractivity contribution < 1.29 is 23.0 Å². The van der Waals surface area contributed by atoms with Crippen molar-refractivity contribution in [2.75, 3.05) is 14.2 Å². The molecular formula is C19H24N2O5S. The van der Waals surface area contributed by atoms with E-state index >= 15 is 0 Å². The third kappa shape index (κ3) is 5.37. The van der Waals surface area contributed by atoms with Crippen molar-refractivity contribution in [1.29, 1.82) is 0 Å². The second kappa shape index (κ2) is 9.27. The summed E-state index contributed by atoms with van der Waals surface area (Å²) in [5.41, 5.74) is 1.60. The number of hydrazone groups is 1. The highest BCUT2D eigenvalue weighted by Crippen LogP contribution is 2.36. The maximum Gasteiger partial charge on any atom is 0.276 e. The Kier molecular flexibility index (Phi) is 7.06. The van der Waals surface area contributed by atoms with E-state index in [2.05, 4.69) is 16.9 Å². The first-order valence-electron chi connectivity index (χ1n) is 8.50. The monoisotopic (exact) mass is 392 g/mol. The minimum Gasteiger partial charge on any atom is -0.502 e. The summed E-state index contributed by atoms with van der Waals surface area (Å²) in [7, 11) is -0.957. The van der Waals surface area contributed by atoms with Crippen LogP contribution in [0, 0.1) is 0 Å². The first-order chi connectivity index (χ1) is 12.9. The maximum absolute atomic E-state index is 12.3. The minimum absolute atomic E-state index is 0.138. The van der Waals surface area contributed by atoms with Gasteiger partial charge in [-0.05, 0) is 42.7 Å². The van der Waals surface area contributed by atoms with Gasteiger partial charge in [-0.3, -0.25) is 0 Å². The van der Waals surface area contributed by atoms with Crippen molar-refractivity contribution in [3.63, 3.8) is 0 Å². The molecule has 2 aromatic carbocycles. The van der Waals surface area contributed by atoms with E-state index in [1.807, 2.05) is 12.1 Å². The van der Waals surface area contributed by atoms with E-state index < -0.39 is 10.0 Å². The van der Waals surface area contributed by atoms with Gasteiger partial charge in [-0.25, -0.2) is 4.83 Å². The molecule has 0 atom stereocenters. The molecule has 2 rings (SSSR count). The molecular weight excluding hydrogens is 368 g/mol. The van der Waals surface area contributed by atoms with Crippen LogP contribution in [-0.4, -0.2) is 34.0 Å². The van der Waals surface area contributed by atoms with Gasteiger partial charge in [-0.1, -0.05) is 25.5 Å². The van der Waals surface area contributed by atoms with Crippen LogP contribution in [0.15, 0.2) is 46.4 Å². The van der Waals surface area contributed by atoms with Crippen molar-refractivity contribution in [2.24, 2.45) is 5.10 Å². The molecule has 2 aromatic rings. The summed E-state index contributed by atoms with van der Waals surface area (Å²) in [5, 5.41) is 13.7. The molecule has 0 spiro atoms. The van der Waals surface area contributed by atoms with Crippen LogP contribution in [0.4, 0.5) is 0 Å². The number of sulfonamides is 1. The Labute approximate surface area is 159 Å². The number of benzene rings is 2. The van der Waals surface area contributed by atoms with Gasteiger partial charge in [0.15, 0.2) is 11.5 Å². The van der Waals surface area contributed by atoms with Crippen molar-refractivity contribution in [3.8, 4) is 17.2 Å². The quantitative estimate of drug-likeness (QED) is 0.505. The molecule has 0 aromatic heterocycles. The third-order valence-electron chi connectivity index (χ3n) is 3.94. The number of nitrogens with one attached hydrogen (secondary N) is 1. The Balaban J connectivity index is 2.12. The normalized spacial score (nSPS) is 11.5. The largest absolute Gasteiger partial charge is 0.502 e. The number of aryl methyl sites for hydroxylation is 1. The zero-order valence-corrected chi connectivity index (χ0v) is 16.4. The van der Waals surface area contributed by atoms with Crippen LogP contribution in [-0.2, 0) is 16.4 Å². The Morgan fingerprint density at radius 3 is 2.22 bits per heavy atom. The Bertz CT molecular complexity index is 868. The highest BCUT2D eigenvalue weighted by molar-refractivity contribution is 7.89. The van der Waals surface area contributed by atoms with E-state index in [1.54, 1.807) is 12.1 Å². The van der Waals surface area contributed by atoms with Crippen LogP contribution in [0.5, 0.6) is 17.2 Å². The van der Waals surface area contributed by atoms with E-state index in [-0.39, 0.29) is 22.1 Å². The van der Waals surface area contributed by atoms with Gasteiger partial charge in [0.1, 0.15) is 0 Å². The lowest BCUT2D eigenvalue weighted by atomic mass is 10.1. The lowest BCUT2D eigenvalue weighted by molar-refractivity contribution is 0.340. The summed E-state index contributed by atoms with van der Waals surface area (Å²) in [6.45, 7) is 2.11. The fourth-order valence-electron chi connectivity index (χ4n) is 2.43. The maximum atomic E-state index is 12.3. The summed E-state index contributed by atoms with van der Waals surface area (Å²) in [6, 6.07) is 9.77. The van der Waals surface area contributed by atoms with Gasteiger partial charge in [0, 0.05) is 5.56 Å². The summed E-state index contributed by atoms with van der Waals surface area (Å²) in [5.74, 6) is 0.253. The zero-order valence-electron chi connectivity index (χ0n) is 15.6. The van der Waals surface area contributed by atoms with E-state index in [4.69, 9.17) is 9.47 Å². The zero-order chi connectivity index (χ0) is 19.9. The number of aromatic hydroxyl groups is 1. The van der Waals surface area contributed by atoms with Crippen LogP contribution in [0.2, 0.25) is 0 Å². The fourth-order valence-corrected chi connectivity index (χ4v) is 3.22. The van der Waals surface area contributed by atoms with E-state index in [0.29, 0.717) is 5.56 Å². The Hall–Kier alpha value is -2.74. The molecule has 8 heteroatoms. The molecule has 146 valence electrons. The van der Waals surface area contributed by atoms with Crippen LogP contribution in [0.1, 0.15) is 30.9 Å². The van der Waals surface area contributed by atoms with Crippen LogP contribution in [0.25, 0.3) is 0 Å². The molecule has 27 heavy (non-hydrogen) atoms. The molecule has 0 aliphatic carbocycles. The number of hydrogen-bond acceptors (Lipinski definition) is 6. The molecule has 0 saturated heterocycles. The first-order valence-corrected chi connectivity index (χ1v) is 9.98. The molecule has 0 heterocycles. The van der Waals surface area contributed by atoms with Crippen molar-refractivity contribution >= 4 is 16.2 Å². The molecule has 0 unspecified atom stereocenters. The molecule has 0 aliphatic heterocycles. The molecule has 0 radical (unpaired) electrons. The third-order valence-corrected chi connectivity index (χ3v) is 5.18. The highest BCUT2D eigenvalue weighted by Gasteiger charge is 2.13. The van der Waals surface area contributed by atoms with Gasteiger partial charge in [0.2, 0.25) is 5.75 Å². The van der Waals surface area contributed by atoms with Gasteiger partial charge < -0.3 is 14.6 Å². The summed E-state index contributed by atoms with van der Waals surface area (Å²) < 4.78 is 34.8. The van der Waals surface area contributed by atoms with Crippen molar-refractivity contribution in [2.45, 2.75) is 31.1 Å². The second-order valence-electron chi connectivity index (χ2n) is 5.87. The van der Waals surface area contributed by atoms with Gasteiger partial charge in [-0.2, -0.15) is 13.5 Å². The number of hydrogen-bond donors (Lipinski definition) is 2. The Morgan fingerprint density at radius 1 is 1.11 bits per heavy atom. The number of phenolic OH excluding ortho intramolecular Hbond substituents is 1. The number of rotatable bonds is 9. The smallest absolute Gasteiger partial charge is 0.276 e. The standard InChI is InChI=1S/C19H24N2O5S/c1-4-5-6-14-7-9-16(10-8-14)27(23,24)21-20-13-15-11-17(25-2)19(22)18(12-15)26-3/h7-13,21-22H,4-6H2,1-3H3/b20-13+. The average molecular weight is 392 g/mol. The predicted molar refractivity (Wildman–Crippen MR) is 104 cm³/mol. The number of ether oxygens (including phenoxy) is 2. The van der Waals surface area contributed by atoms with Crippen LogP contribution in [0.3, 0.4) is 0 Å². The van der Waals surface area contributed by atoms with Gasteiger partial charge >= 0.3 is 0 Å². The fraction of sp³-hybridized carbons (Fsp3) is 0.316. The molecule has 2 N–H and O–H groups in total. The van der Waals surface area contributed by atoms with E-state index in [1.165, 1.54) is 32.6 Å². The van der Waals surface area contributed by atoms with Gasteiger partial charge in [-0.15, -0.1) is 0 Å². The number of nitrogens with zero attached hydrogens (tertiary/aromatic N) is 1. The summed E-state index contributed by atoms with van der Waals surface area (Å²) in [6.07, 6.45) is 4.38. The predicted octanol–water partition coefficient (Wildman–Crippen LogP) is 3.06. The summed E-state index contributed by atoms with van der Waals surface area (Å²) >= 11 is 0. The topological polar surface area (TPSA) is 97.2 Å². The van der Waals surface area contributed by atoms with E-state index in [0.717, 1.165) is 24.8 Å². The Morgan fingerprint density at radius 2 is 1.70 bits per heavy atom. The molecule has 0 saturated carbocycles. The molecule has 0 bridgehead atoms. The number of methoxy groups -OCH3 is 2. The number of unbranched alkanes of at least 4 members (excludes halogenated alkanes) is 1. The van der Waals surface area contributed by atoms with Crippen LogP contribution >= 0.6 is 0 Å². The minimum atomic E-state index is -3.77. The lowest BCUT2D eigenvalue weighted by Crippen LogP contribution is -2.18. The van der Waals surface area contributed by atoms with Gasteiger partial charge in [0.25, 0.3) is 10.0 Å². The van der Waals surface area contributed by atoms with E-state index in [9.17, 15) is 13.5 Å².